The van der Waals surface area contributed by atoms with Crippen molar-refractivity contribution in [2.45, 2.75) is 19.8 Å². The van der Waals surface area contributed by atoms with E-state index in [9.17, 15) is 4.79 Å². The van der Waals surface area contributed by atoms with Gasteiger partial charge in [-0.1, -0.05) is 60.5 Å². The molecule has 9 heteroatoms. The minimum atomic E-state index is -0.469. The van der Waals surface area contributed by atoms with Gasteiger partial charge in [-0.05, 0) is 41.1 Å². The van der Waals surface area contributed by atoms with Crippen LogP contribution in [0, 0.1) is 0 Å². The van der Waals surface area contributed by atoms with Gasteiger partial charge in [0.15, 0.2) is 5.13 Å². The first-order valence-corrected chi connectivity index (χ1v) is 12.2. The van der Waals surface area contributed by atoms with Gasteiger partial charge in [0.05, 0.1) is 27.7 Å². The highest BCUT2D eigenvalue weighted by molar-refractivity contribution is 7.19. The van der Waals surface area contributed by atoms with Crippen LogP contribution >= 0.6 is 45.9 Å². The van der Waals surface area contributed by atoms with Gasteiger partial charge in [0.1, 0.15) is 11.4 Å². The number of thiazole rings is 1. The molecule has 0 saturated heterocycles. The summed E-state index contributed by atoms with van der Waals surface area (Å²) in [6, 6.07) is 11.2. The Bertz CT molecular complexity index is 1270. The van der Waals surface area contributed by atoms with Crippen molar-refractivity contribution in [3.05, 3.63) is 69.3 Å². The molecule has 3 aromatic heterocycles. The fourth-order valence-electron chi connectivity index (χ4n) is 3.13. The number of benzene rings is 1. The molecular formula is C23H19Cl2N3O2S2. The molecule has 0 saturated carbocycles. The topological polar surface area (TPSA) is 64.1 Å². The number of carbonyl (C=O) groups excluding carboxylic acids is 1. The van der Waals surface area contributed by atoms with Gasteiger partial charge >= 0.3 is 5.97 Å². The minimum absolute atomic E-state index is 0.181. The number of hydrogen-bond acceptors (Lipinski definition) is 7. The van der Waals surface area contributed by atoms with Crippen LogP contribution in [-0.4, -0.2) is 23.0 Å². The summed E-state index contributed by atoms with van der Waals surface area (Å²) < 4.78 is 4.99. The maximum Gasteiger partial charge on any atom is 0.341 e. The molecule has 3 heterocycles. The van der Waals surface area contributed by atoms with E-state index >= 15 is 0 Å². The third-order valence-electron chi connectivity index (χ3n) is 4.71. The number of carbonyl (C=O) groups is 1. The first-order valence-electron chi connectivity index (χ1n) is 9.72. The van der Waals surface area contributed by atoms with Crippen molar-refractivity contribution < 1.29 is 9.53 Å². The molecule has 32 heavy (non-hydrogen) atoms. The minimum Gasteiger partial charge on any atom is -0.465 e. The summed E-state index contributed by atoms with van der Waals surface area (Å²) in [5.41, 5.74) is 3.05. The van der Waals surface area contributed by atoms with E-state index in [1.54, 1.807) is 29.7 Å². The first-order chi connectivity index (χ1) is 15.4. The number of halogens is 2. The number of esters is 1. The highest BCUT2D eigenvalue weighted by Crippen LogP contribution is 2.40. The zero-order valence-electron chi connectivity index (χ0n) is 17.5. The van der Waals surface area contributed by atoms with Crippen LogP contribution in [0.1, 0.15) is 35.8 Å². The SMILES string of the molecule is COC(=O)c1cc(-c2cccs2)cnc1Nc1nc(C(C)C)c(-c2ccc(Cl)c(Cl)c2)s1. The monoisotopic (exact) mass is 503 g/mol. The number of nitrogens with one attached hydrogen (secondary N) is 1. The number of anilines is 2. The van der Waals surface area contributed by atoms with Gasteiger partial charge in [-0.2, -0.15) is 0 Å². The molecule has 0 aliphatic heterocycles. The molecule has 0 spiro atoms. The van der Waals surface area contributed by atoms with Gasteiger partial charge in [0.2, 0.25) is 0 Å². The average Bonchev–Trinajstić information content (AvgIpc) is 3.46. The molecule has 0 fully saturated rings. The molecule has 0 aliphatic rings. The molecular weight excluding hydrogens is 485 g/mol. The number of pyridine rings is 1. The summed E-state index contributed by atoms with van der Waals surface area (Å²) in [7, 11) is 1.35. The first kappa shape index (κ1) is 22.7. The number of aromatic nitrogens is 2. The van der Waals surface area contributed by atoms with Crippen molar-refractivity contribution in [3.63, 3.8) is 0 Å². The zero-order valence-corrected chi connectivity index (χ0v) is 20.6. The van der Waals surface area contributed by atoms with Gasteiger partial charge in [0, 0.05) is 16.6 Å². The molecule has 5 nitrogen and oxygen atoms in total. The quantitative estimate of drug-likeness (QED) is 0.271. The van der Waals surface area contributed by atoms with Crippen molar-refractivity contribution in [1.29, 1.82) is 0 Å². The predicted molar refractivity (Wildman–Crippen MR) is 134 cm³/mol. The van der Waals surface area contributed by atoms with E-state index in [2.05, 4.69) is 24.1 Å². The van der Waals surface area contributed by atoms with Crippen molar-refractivity contribution >= 4 is 62.8 Å². The Morgan fingerprint density at radius 1 is 1.12 bits per heavy atom. The Morgan fingerprint density at radius 3 is 2.59 bits per heavy atom. The smallest absolute Gasteiger partial charge is 0.341 e. The third-order valence-corrected chi connectivity index (χ3v) is 7.40. The Kier molecular flexibility index (Phi) is 6.81. The standard InChI is InChI=1S/C23H19Cl2N3O2S2/c1-12(2)19-20(13-6-7-16(24)17(25)10-13)32-23(27-19)28-21-15(22(29)30-3)9-14(11-26-21)18-5-4-8-31-18/h4-12H,1-3H3,(H,26,27,28). The van der Waals surface area contributed by atoms with Gasteiger partial charge in [0.25, 0.3) is 0 Å². The highest BCUT2D eigenvalue weighted by atomic mass is 35.5. The number of thiophene rings is 1. The average molecular weight is 504 g/mol. The molecule has 0 atom stereocenters. The van der Waals surface area contributed by atoms with Crippen LogP contribution in [0.5, 0.6) is 0 Å². The summed E-state index contributed by atoms with van der Waals surface area (Å²) >= 11 is 15.4. The van der Waals surface area contributed by atoms with E-state index < -0.39 is 5.97 Å². The molecule has 1 aromatic carbocycles. The molecule has 0 unspecified atom stereocenters. The van der Waals surface area contributed by atoms with Crippen LogP contribution in [-0.2, 0) is 4.74 Å². The fourth-order valence-corrected chi connectivity index (χ4v) is 5.25. The Balaban J connectivity index is 1.74. The summed E-state index contributed by atoms with van der Waals surface area (Å²) in [5.74, 6) is 0.103. The number of ether oxygens (including phenoxy) is 1. The lowest BCUT2D eigenvalue weighted by atomic mass is 10.1. The predicted octanol–water partition coefficient (Wildman–Crippen LogP) is 7.89. The lowest BCUT2D eigenvalue weighted by molar-refractivity contribution is 0.0601. The highest BCUT2D eigenvalue weighted by Gasteiger charge is 2.20. The summed E-state index contributed by atoms with van der Waals surface area (Å²) in [5, 5.41) is 6.80. The molecule has 4 aromatic rings. The Labute approximate surface area is 204 Å². The van der Waals surface area contributed by atoms with Crippen LogP contribution in [0.25, 0.3) is 20.9 Å². The second-order valence-corrected chi connectivity index (χ2v) is 9.99. The lowest BCUT2D eigenvalue weighted by Crippen LogP contribution is -2.07. The Morgan fingerprint density at radius 2 is 1.94 bits per heavy atom. The number of methoxy groups -OCH3 is 1. The van der Waals surface area contributed by atoms with Gasteiger partial charge in [-0.15, -0.1) is 11.3 Å². The van der Waals surface area contributed by atoms with E-state index in [0.717, 1.165) is 26.6 Å². The fraction of sp³-hybridized carbons (Fsp3) is 0.174. The van der Waals surface area contributed by atoms with Gasteiger partial charge in [-0.25, -0.2) is 14.8 Å². The van der Waals surface area contributed by atoms with Crippen LogP contribution in [0.2, 0.25) is 10.0 Å². The van der Waals surface area contributed by atoms with E-state index in [0.29, 0.717) is 26.6 Å². The Hall–Kier alpha value is -2.45. The second-order valence-electron chi connectivity index (χ2n) is 7.23. The zero-order chi connectivity index (χ0) is 22.8. The molecule has 0 amide bonds. The van der Waals surface area contributed by atoms with Crippen LogP contribution in [0.4, 0.5) is 10.9 Å². The van der Waals surface area contributed by atoms with Gasteiger partial charge in [-0.3, -0.25) is 0 Å². The molecule has 0 aliphatic carbocycles. The van der Waals surface area contributed by atoms with Crippen LogP contribution in [0.15, 0.2) is 48.0 Å². The van der Waals surface area contributed by atoms with E-state index in [1.807, 2.05) is 29.6 Å². The van der Waals surface area contributed by atoms with Crippen LogP contribution in [0.3, 0.4) is 0 Å². The third kappa shape index (κ3) is 4.66. The van der Waals surface area contributed by atoms with E-state index in [1.165, 1.54) is 18.4 Å². The van der Waals surface area contributed by atoms with E-state index in [-0.39, 0.29) is 5.92 Å². The van der Waals surface area contributed by atoms with Crippen molar-refractivity contribution in [2.24, 2.45) is 0 Å². The summed E-state index contributed by atoms with van der Waals surface area (Å²) in [6.45, 7) is 4.15. The number of rotatable bonds is 6. The largest absolute Gasteiger partial charge is 0.465 e. The van der Waals surface area contributed by atoms with E-state index in [4.69, 9.17) is 32.9 Å². The molecule has 4 rings (SSSR count). The van der Waals surface area contributed by atoms with Gasteiger partial charge < -0.3 is 10.1 Å². The maximum atomic E-state index is 12.5. The second kappa shape index (κ2) is 9.58. The number of hydrogen-bond donors (Lipinski definition) is 1. The summed E-state index contributed by atoms with van der Waals surface area (Å²) in [6.07, 6.45) is 1.73. The van der Waals surface area contributed by atoms with Crippen molar-refractivity contribution in [1.82, 2.24) is 9.97 Å². The van der Waals surface area contributed by atoms with Crippen LogP contribution < -0.4 is 5.32 Å². The van der Waals surface area contributed by atoms with Crippen molar-refractivity contribution in [3.8, 4) is 20.9 Å². The number of nitrogens with zero attached hydrogens (tertiary/aromatic N) is 2. The normalized spacial score (nSPS) is 11.1. The van der Waals surface area contributed by atoms with Crippen molar-refractivity contribution in [2.75, 3.05) is 12.4 Å². The summed E-state index contributed by atoms with van der Waals surface area (Å²) in [4.78, 5) is 23.8. The molecule has 0 bridgehead atoms. The molecule has 1 N–H and O–H groups in total. The molecule has 164 valence electrons. The lowest BCUT2D eigenvalue weighted by Gasteiger charge is -2.09. The maximum absolute atomic E-state index is 12.5. The molecule has 0 radical (unpaired) electrons.